The number of nitro benzene ring substituents is 1. The van der Waals surface area contributed by atoms with Crippen LogP contribution in [0.15, 0.2) is 77.0 Å². The van der Waals surface area contributed by atoms with E-state index in [4.69, 9.17) is 23.2 Å². The summed E-state index contributed by atoms with van der Waals surface area (Å²) < 4.78 is 1.73. The second-order valence-electron chi connectivity index (χ2n) is 8.87. The number of benzene rings is 3. The molecule has 8 nitrogen and oxygen atoms in total. The van der Waals surface area contributed by atoms with E-state index in [2.05, 4.69) is 26.6 Å². The van der Waals surface area contributed by atoms with Crippen LogP contribution in [0.2, 0.25) is 10.0 Å². The molecule has 1 aliphatic heterocycles. The van der Waals surface area contributed by atoms with Crippen LogP contribution in [0.1, 0.15) is 34.3 Å². The summed E-state index contributed by atoms with van der Waals surface area (Å²) in [5.74, 6) is -0.0205. The number of H-pyrrole nitrogens is 1. The van der Waals surface area contributed by atoms with Gasteiger partial charge in [0.25, 0.3) is 5.69 Å². The number of fused-ring (bicyclic) bond motifs is 3. The van der Waals surface area contributed by atoms with E-state index >= 15 is 0 Å². The standard InChI is InChI=1S/C26H20Cl2N6O2S/c1-33-13-30-32-26(33)37-22-9-6-14(10-21(22)34(35)36)24-25-23(17-4-2-3-5-20(17)31-25)18(12-29-24)16-8-7-15(27)11-19(16)28/h2-11,13,18,24,29,31H,12H2,1H3/t18-,24-/m0/s1. The zero-order valence-electron chi connectivity index (χ0n) is 19.5. The molecule has 0 saturated carbocycles. The Hall–Kier alpha value is -3.37. The van der Waals surface area contributed by atoms with Gasteiger partial charge in [-0.05, 0) is 52.7 Å². The molecular weight excluding hydrogens is 531 g/mol. The average Bonchev–Trinajstić information content (AvgIpc) is 3.47. The summed E-state index contributed by atoms with van der Waals surface area (Å²) in [6.07, 6.45) is 1.56. The zero-order valence-corrected chi connectivity index (χ0v) is 21.8. The van der Waals surface area contributed by atoms with Crippen LogP contribution in [0, 0.1) is 10.1 Å². The first kappa shape index (κ1) is 24.0. The van der Waals surface area contributed by atoms with Gasteiger partial charge in [0, 0.05) is 52.2 Å². The van der Waals surface area contributed by atoms with Crippen molar-refractivity contribution in [2.75, 3.05) is 6.54 Å². The molecule has 0 spiro atoms. The molecule has 0 aliphatic carbocycles. The Morgan fingerprint density at radius 2 is 1.97 bits per heavy atom. The molecule has 1 aliphatic rings. The number of rotatable bonds is 5. The fraction of sp³-hybridized carbons (Fsp3) is 0.154. The minimum Gasteiger partial charge on any atom is -0.357 e. The molecule has 0 fully saturated rings. The number of nitrogens with zero attached hydrogens (tertiary/aromatic N) is 4. The van der Waals surface area contributed by atoms with Crippen LogP contribution < -0.4 is 5.32 Å². The molecule has 3 heterocycles. The Balaban J connectivity index is 1.46. The van der Waals surface area contributed by atoms with Gasteiger partial charge in [-0.1, -0.05) is 53.5 Å². The summed E-state index contributed by atoms with van der Waals surface area (Å²) in [5.41, 5.74) is 4.88. The molecule has 11 heteroatoms. The first-order valence-corrected chi connectivity index (χ1v) is 13.1. The van der Waals surface area contributed by atoms with E-state index in [0.29, 0.717) is 26.6 Å². The van der Waals surface area contributed by atoms with Gasteiger partial charge < -0.3 is 14.9 Å². The van der Waals surface area contributed by atoms with Crippen molar-refractivity contribution in [3.63, 3.8) is 0 Å². The monoisotopic (exact) mass is 550 g/mol. The Labute approximate surface area is 226 Å². The molecule has 186 valence electrons. The summed E-state index contributed by atoms with van der Waals surface area (Å²) in [4.78, 5) is 15.8. The number of hydrogen-bond donors (Lipinski definition) is 2. The van der Waals surface area contributed by atoms with E-state index in [1.54, 1.807) is 36.1 Å². The lowest BCUT2D eigenvalue weighted by atomic mass is 9.83. The molecule has 0 unspecified atom stereocenters. The molecule has 2 aromatic heterocycles. The molecule has 0 bridgehead atoms. The second kappa shape index (κ2) is 9.50. The molecule has 5 aromatic rings. The molecular formula is C26H20Cl2N6O2S. The van der Waals surface area contributed by atoms with E-state index in [-0.39, 0.29) is 22.6 Å². The van der Waals surface area contributed by atoms with E-state index in [9.17, 15) is 10.1 Å². The molecule has 0 radical (unpaired) electrons. The minimum absolute atomic E-state index is 0.0205. The Morgan fingerprint density at radius 1 is 1.14 bits per heavy atom. The van der Waals surface area contributed by atoms with Crippen LogP contribution >= 0.6 is 35.0 Å². The van der Waals surface area contributed by atoms with Crippen molar-refractivity contribution in [1.29, 1.82) is 0 Å². The van der Waals surface area contributed by atoms with Gasteiger partial charge in [0.1, 0.15) is 6.33 Å². The largest absolute Gasteiger partial charge is 0.357 e. The third kappa shape index (κ3) is 4.27. The van der Waals surface area contributed by atoms with Gasteiger partial charge in [-0.15, -0.1) is 10.2 Å². The van der Waals surface area contributed by atoms with E-state index in [0.717, 1.165) is 33.3 Å². The molecule has 37 heavy (non-hydrogen) atoms. The predicted octanol–water partition coefficient (Wildman–Crippen LogP) is 6.49. The van der Waals surface area contributed by atoms with Gasteiger partial charge in [-0.3, -0.25) is 10.1 Å². The van der Waals surface area contributed by atoms with Crippen LogP contribution in [-0.4, -0.2) is 31.2 Å². The number of nitrogens with one attached hydrogen (secondary N) is 2. The van der Waals surface area contributed by atoms with Crippen molar-refractivity contribution in [2.24, 2.45) is 7.05 Å². The van der Waals surface area contributed by atoms with Gasteiger partial charge in [0.15, 0.2) is 5.16 Å². The van der Waals surface area contributed by atoms with Crippen molar-refractivity contribution in [1.82, 2.24) is 25.1 Å². The SMILES string of the molecule is Cn1cnnc1Sc1ccc([C@@H]2NC[C@@H](c3ccc(Cl)cc3Cl)c3c2[nH]c2ccccc32)cc1[N+](=O)[O-]. The maximum atomic E-state index is 12.1. The highest BCUT2D eigenvalue weighted by Gasteiger charge is 2.34. The van der Waals surface area contributed by atoms with E-state index < -0.39 is 0 Å². The summed E-state index contributed by atoms with van der Waals surface area (Å²) in [6.45, 7) is 0.601. The first-order chi connectivity index (χ1) is 17.9. The van der Waals surface area contributed by atoms with Crippen molar-refractivity contribution in [3.8, 4) is 0 Å². The molecule has 0 saturated heterocycles. The number of aryl methyl sites for hydroxylation is 1. The topological polar surface area (TPSA) is 102 Å². The highest BCUT2D eigenvalue weighted by molar-refractivity contribution is 7.99. The van der Waals surface area contributed by atoms with Crippen LogP contribution in [0.4, 0.5) is 5.69 Å². The van der Waals surface area contributed by atoms with Crippen LogP contribution in [0.3, 0.4) is 0 Å². The van der Waals surface area contributed by atoms with Crippen LogP contribution in [0.5, 0.6) is 0 Å². The van der Waals surface area contributed by atoms with Crippen molar-refractivity contribution in [2.45, 2.75) is 22.0 Å². The third-order valence-electron chi connectivity index (χ3n) is 6.66. The summed E-state index contributed by atoms with van der Waals surface area (Å²) in [5, 5.41) is 26.4. The quantitative estimate of drug-likeness (QED) is 0.191. The van der Waals surface area contributed by atoms with Gasteiger partial charge >= 0.3 is 0 Å². The van der Waals surface area contributed by atoms with Crippen LogP contribution in [0.25, 0.3) is 10.9 Å². The fourth-order valence-electron chi connectivity index (χ4n) is 4.97. The first-order valence-electron chi connectivity index (χ1n) is 11.5. The van der Waals surface area contributed by atoms with Crippen molar-refractivity contribution < 1.29 is 4.92 Å². The normalized spacial score (nSPS) is 17.2. The Kier molecular flexibility index (Phi) is 6.16. The molecule has 2 atom stereocenters. The molecule has 2 N–H and O–H groups in total. The summed E-state index contributed by atoms with van der Waals surface area (Å²) >= 11 is 14.0. The van der Waals surface area contributed by atoms with Crippen molar-refractivity contribution >= 4 is 51.6 Å². The Bertz CT molecular complexity index is 1670. The maximum absolute atomic E-state index is 12.1. The van der Waals surface area contributed by atoms with Crippen LogP contribution in [-0.2, 0) is 7.05 Å². The molecule has 6 rings (SSSR count). The number of para-hydroxylation sites is 1. The smallest absolute Gasteiger partial charge is 0.283 e. The van der Waals surface area contributed by atoms with Crippen molar-refractivity contribution in [3.05, 3.63) is 110 Å². The highest BCUT2D eigenvalue weighted by Crippen LogP contribution is 2.44. The fourth-order valence-corrected chi connectivity index (χ4v) is 6.36. The lowest BCUT2D eigenvalue weighted by molar-refractivity contribution is -0.387. The van der Waals surface area contributed by atoms with Gasteiger partial charge in [0.05, 0.1) is 15.9 Å². The lowest BCUT2D eigenvalue weighted by Crippen LogP contribution is -2.34. The third-order valence-corrected chi connectivity index (χ3v) is 8.34. The summed E-state index contributed by atoms with van der Waals surface area (Å²) in [7, 11) is 1.80. The van der Waals surface area contributed by atoms with Gasteiger partial charge in [-0.2, -0.15) is 0 Å². The molecule has 0 amide bonds. The number of aromatic nitrogens is 4. The number of halogens is 2. The predicted molar refractivity (Wildman–Crippen MR) is 145 cm³/mol. The maximum Gasteiger partial charge on any atom is 0.283 e. The lowest BCUT2D eigenvalue weighted by Gasteiger charge is -2.32. The summed E-state index contributed by atoms with van der Waals surface area (Å²) in [6, 6.07) is 18.8. The van der Waals surface area contributed by atoms with E-state index in [1.165, 1.54) is 11.8 Å². The number of nitro groups is 1. The second-order valence-corrected chi connectivity index (χ2v) is 10.7. The van der Waals surface area contributed by atoms with Gasteiger partial charge in [-0.25, -0.2) is 0 Å². The molecule has 3 aromatic carbocycles. The number of aromatic amines is 1. The van der Waals surface area contributed by atoms with E-state index in [1.807, 2.05) is 36.4 Å². The average molecular weight is 551 g/mol. The highest BCUT2D eigenvalue weighted by atomic mass is 35.5. The Morgan fingerprint density at radius 3 is 2.73 bits per heavy atom. The minimum atomic E-state index is -0.354. The number of hydrogen-bond acceptors (Lipinski definition) is 6. The van der Waals surface area contributed by atoms with Gasteiger partial charge in [0.2, 0.25) is 0 Å². The zero-order chi connectivity index (χ0) is 25.7.